The minimum atomic E-state index is -0.277. The summed E-state index contributed by atoms with van der Waals surface area (Å²) in [4.78, 5) is 7.41. The molecule has 2 aliphatic heterocycles. The standard InChI is InChI=1S/C81H78BN3O.2Cd/c1-16-81(14,15)57-36-46-70-68(48-57)82-67-44-43-62(83(59-39-31-54(32-40-59)77(2,3)4)69-45-35-56(79(8,9)10)47-66(69)52-23-18-17-19-24-52)51-71(67)85(60-37-29-53(30-38-60)63-26-22-27-65-64-25-20-21-28-74(64)86-76(63)65)73-50-58(80(11,12)13)49-72(75(73)82)84(70)61-41-33-55(34-42-61)78(5,6)7;;/h17-40,43-45,47-48,50-51H,16H2,1-15H3;;/q-4;2*+2. The summed E-state index contributed by atoms with van der Waals surface area (Å²) in [6.45, 7) is 34.3. The van der Waals surface area contributed by atoms with Crippen LogP contribution in [0.15, 0.2) is 192 Å². The minimum Gasteiger partial charge on any atom is -0.455 e. The molecule has 0 saturated heterocycles. The molecule has 430 valence electrons. The van der Waals surface area contributed by atoms with Crippen LogP contribution in [0.1, 0.15) is 138 Å². The summed E-state index contributed by atoms with van der Waals surface area (Å²) >= 11 is 0. The molecule has 0 spiro atoms. The summed E-state index contributed by atoms with van der Waals surface area (Å²) in [5.74, 6) is 0. The van der Waals surface area contributed by atoms with Crippen molar-refractivity contribution in [2.75, 3.05) is 14.7 Å². The van der Waals surface area contributed by atoms with Crippen LogP contribution in [0.2, 0.25) is 0 Å². The number of fused-ring (bicyclic) bond motifs is 7. The van der Waals surface area contributed by atoms with Crippen molar-refractivity contribution in [2.24, 2.45) is 0 Å². The van der Waals surface area contributed by atoms with Gasteiger partial charge >= 0.3 is 54.6 Å². The van der Waals surface area contributed by atoms with Crippen molar-refractivity contribution >= 4 is 96.2 Å². The van der Waals surface area contributed by atoms with Crippen LogP contribution in [0.5, 0.6) is 0 Å². The second kappa shape index (κ2) is 23.3. The summed E-state index contributed by atoms with van der Waals surface area (Å²) in [5, 5.41) is 2.24. The molecule has 1 aromatic heterocycles. The smallest absolute Gasteiger partial charge is 0.455 e. The van der Waals surface area contributed by atoms with E-state index >= 15 is 0 Å². The maximum atomic E-state index is 6.66. The molecule has 3 heterocycles. The van der Waals surface area contributed by atoms with E-state index in [2.05, 4.69) is 325 Å². The monoisotopic (exact) mass is 1350 g/mol. The fourth-order valence-corrected chi connectivity index (χ4v) is 12.7. The van der Waals surface area contributed by atoms with Crippen LogP contribution < -0.4 is 31.1 Å². The van der Waals surface area contributed by atoms with Crippen molar-refractivity contribution in [3.8, 4) is 22.3 Å². The molecule has 11 aromatic rings. The number of anilines is 9. The van der Waals surface area contributed by atoms with Crippen LogP contribution in [0.3, 0.4) is 0 Å². The second-order valence-corrected chi connectivity index (χ2v) is 28.8. The van der Waals surface area contributed by atoms with Gasteiger partial charge in [0, 0.05) is 44.6 Å². The molecule has 0 N–H and O–H groups in total. The number of hydrogen-bond acceptors (Lipinski definition) is 4. The van der Waals surface area contributed by atoms with Gasteiger partial charge in [-0.15, -0.1) is 16.9 Å². The molecule has 0 bridgehead atoms. The molecule has 0 unspecified atom stereocenters. The van der Waals surface area contributed by atoms with Gasteiger partial charge in [-0.2, -0.15) is 40.9 Å². The van der Waals surface area contributed by atoms with Crippen molar-refractivity contribution in [3.63, 3.8) is 0 Å². The molecule has 0 amide bonds. The molecule has 2 aliphatic rings. The normalized spacial score (nSPS) is 13.2. The topological polar surface area (TPSA) is 22.9 Å². The first-order valence-corrected chi connectivity index (χ1v) is 30.8. The Labute approximate surface area is 564 Å². The van der Waals surface area contributed by atoms with Gasteiger partial charge in [-0.05, 0) is 93.1 Å². The van der Waals surface area contributed by atoms with E-state index in [1.165, 1.54) is 49.8 Å². The van der Waals surface area contributed by atoms with Gasteiger partial charge in [0.15, 0.2) is 0 Å². The quantitative estimate of drug-likeness (QED) is 0.106. The Kier molecular flexibility index (Phi) is 16.6. The van der Waals surface area contributed by atoms with Crippen molar-refractivity contribution < 1.29 is 59.0 Å². The van der Waals surface area contributed by atoms with Crippen LogP contribution >= 0.6 is 0 Å². The molecule has 0 fully saturated rings. The minimum absolute atomic E-state index is 0. The van der Waals surface area contributed by atoms with E-state index in [-0.39, 0.29) is 88.4 Å². The number of para-hydroxylation sites is 2. The van der Waals surface area contributed by atoms with Gasteiger partial charge in [0.1, 0.15) is 17.9 Å². The van der Waals surface area contributed by atoms with Crippen molar-refractivity contribution in [2.45, 2.75) is 137 Å². The SMILES string of the molecule is CCC(C)(C)c1c[c-]c2c(c1)B1c3ccc(N(c4ccc(C(C)(C)C)cc4)c4ccc(C(C)(C)C)cc4-c4ccccc4)cc3N(c3ccc(-c4cccc5c4oc4ccccc45)cc3)c3cc(C(C)(C)C)[c-]c(c31)N2c1[c-]cc(C(C)(C)C)c[c-]1.[Cd+2].[Cd+2]. The largest absolute Gasteiger partial charge is 2.00 e. The Morgan fingerprint density at radius 1 is 0.466 bits per heavy atom. The van der Waals surface area contributed by atoms with Gasteiger partial charge < -0.3 is 31.2 Å². The number of furan rings is 1. The molecule has 0 saturated carbocycles. The Morgan fingerprint density at radius 3 is 1.74 bits per heavy atom. The molecule has 88 heavy (non-hydrogen) atoms. The molecular formula is C81H78BCd2N3O. The number of nitrogens with zero attached hydrogens (tertiary/aromatic N) is 3. The van der Waals surface area contributed by atoms with Gasteiger partial charge in [-0.3, -0.25) is 17.7 Å². The molecule has 7 heteroatoms. The van der Waals surface area contributed by atoms with Gasteiger partial charge in [0.25, 0.3) is 0 Å². The van der Waals surface area contributed by atoms with Crippen molar-refractivity contribution in [1.29, 1.82) is 0 Å². The van der Waals surface area contributed by atoms with Gasteiger partial charge in [-0.1, -0.05) is 241 Å². The summed E-state index contributed by atoms with van der Waals surface area (Å²) in [5.41, 5.74) is 24.9. The van der Waals surface area contributed by atoms with E-state index in [0.717, 1.165) is 96.2 Å². The number of hydrogen-bond donors (Lipinski definition) is 0. The fourth-order valence-electron chi connectivity index (χ4n) is 12.7. The molecule has 4 nitrogen and oxygen atoms in total. The van der Waals surface area contributed by atoms with Crippen LogP contribution in [0, 0.1) is 24.3 Å². The van der Waals surface area contributed by atoms with E-state index in [4.69, 9.17) is 4.42 Å². The summed E-state index contributed by atoms with van der Waals surface area (Å²) in [6, 6.07) is 85.8. The van der Waals surface area contributed by atoms with Gasteiger partial charge in [0.2, 0.25) is 0 Å². The first kappa shape index (κ1) is 62.9. The van der Waals surface area contributed by atoms with E-state index in [1.54, 1.807) is 0 Å². The molecule has 0 aliphatic carbocycles. The summed E-state index contributed by atoms with van der Waals surface area (Å²) in [6.07, 6.45) is 0.983. The van der Waals surface area contributed by atoms with Crippen LogP contribution in [-0.4, -0.2) is 6.71 Å². The first-order chi connectivity index (χ1) is 40.9. The zero-order valence-electron chi connectivity index (χ0n) is 54.3. The van der Waals surface area contributed by atoms with E-state index in [9.17, 15) is 0 Å². The Hall–Kier alpha value is -6.69. The summed E-state index contributed by atoms with van der Waals surface area (Å²) < 4.78 is 6.66. The first-order valence-electron chi connectivity index (χ1n) is 30.8. The maximum Gasteiger partial charge on any atom is 2.00 e. The number of rotatable bonds is 9. The maximum absolute atomic E-state index is 6.66. The van der Waals surface area contributed by atoms with Crippen LogP contribution in [-0.2, 0) is 81.7 Å². The molecule has 13 rings (SSSR count). The van der Waals surface area contributed by atoms with E-state index in [0.29, 0.717) is 0 Å². The predicted molar refractivity (Wildman–Crippen MR) is 367 cm³/mol. The zero-order valence-corrected chi connectivity index (χ0v) is 62.4. The Balaban J connectivity index is 0.00000400. The molecule has 0 atom stereocenters. The van der Waals surface area contributed by atoms with E-state index < -0.39 is 0 Å². The van der Waals surface area contributed by atoms with Crippen molar-refractivity contribution in [1.82, 2.24) is 0 Å². The Morgan fingerprint density at radius 2 is 1.08 bits per heavy atom. The van der Waals surface area contributed by atoms with Crippen molar-refractivity contribution in [3.05, 3.63) is 240 Å². The Bertz CT molecular complexity index is 4400. The third-order valence-electron chi connectivity index (χ3n) is 18.4. The zero-order chi connectivity index (χ0) is 60.4. The fraction of sp³-hybridized carbons (Fsp3) is 0.259. The molecular weight excluding hydrogens is 1270 g/mol. The molecule has 10 aromatic carbocycles. The average molecular weight is 1350 g/mol. The van der Waals surface area contributed by atoms with E-state index in [1.807, 2.05) is 6.07 Å². The van der Waals surface area contributed by atoms with Crippen LogP contribution in [0.25, 0.3) is 44.2 Å². The third-order valence-corrected chi connectivity index (χ3v) is 18.4. The number of benzene rings is 10. The molecule has 0 radical (unpaired) electrons. The van der Waals surface area contributed by atoms with Gasteiger partial charge in [-0.25, -0.2) is 5.69 Å². The second-order valence-electron chi connectivity index (χ2n) is 28.8. The van der Waals surface area contributed by atoms with Gasteiger partial charge in [0.05, 0.1) is 5.69 Å². The predicted octanol–water partition coefficient (Wildman–Crippen LogP) is 20.5. The van der Waals surface area contributed by atoms with Crippen LogP contribution in [0.4, 0.5) is 51.2 Å². The average Bonchev–Trinajstić information content (AvgIpc) is 0.844. The third kappa shape index (κ3) is 11.2. The summed E-state index contributed by atoms with van der Waals surface area (Å²) in [7, 11) is 0.